The molecule has 2 heterocycles. The average molecular weight is 323 g/mol. The summed E-state index contributed by atoms with van der Waals surface area (Å²) in [7, 11) is 0. The minimum atomic E-state index is -3.02. The van der Waals surface area contributed by atoms with E-state index in [1.165, 1.54) is 6.07 Å². The summed E-state index contributed by atoms with van der Waals surface area (Å²) in [4.78, 5) is 32.2. The number of nitrogens with zero attached hydrogens (tertiary/aromatic N) is 2. The highest BCUT2D eigenvalue weighted by atomic mass is 19.3. The molecule has 9 heteroatoms. The van der Waals surface area contributed by atoms with Crippen LogP contribution in [0.4, 0.5) is 13.2 Å². The Balaban J connectivity index is 2.27. The van der Waals surface area contributed by atoms with E-state index in [1.54, 1.807) is 0 Å². The predicted octanol–water partition coefficient (Wildman–Crippen LogP) is 2.86. The van der Waals surface area contributed by atoms with E-state index >= 15 is 0 Å². The maximum absolute atomic E-state index is 13.6. The lowest BCUT2D eigenvalue weighted by molar-refractivity contribution is 0.0989. The van der Waals surface area contributed by atoms with Crippen LogP contribution in [-0.2, 0) is 0 Å². The van der Waals surface area contributed by atoms with Crippen molar-refractivity contribution in [1.29, 1.82) is 0 Å². The minimum absolute atomic E-state index is 0.0712. The van der Waals surface area contributed by atoms with Gasteiger partial charge in [-0.05, 0) is 12.1 Å². The number of aromatic nitrogens is 3. The number of aromatic amines is 1. The van der Waals surface area contributed by atoms with Crippen LogP contribution in [0.3, 0.4) is 0 Å². The number of alkyl halides is 2. The number of carbonyl (C=O) groups excluding carboxylic acids is 1. The van der Waals surface area contributed by atoms with Gasteiger partial charge in [0.25, 0.3) is 6.43 Å². The largest absolute Gasteiger partial charge is 0.417 e. The van der Waals surface area contributed by atoms with Gasteiger partial charge in [0.05, 0.1) is 11.9 Å². The maximum atomic E-state index is 13.6. The topological polar surface area (TPSA) is 88.9 Å². The Morgan fingerprint density at radius 1 is 1.35 bits per heavy atom. The lowest BCUT2D eigenvalue weighted by Gasteiger charge is -2.07. The van der Waals surface area contributed by atoms with Gasteiger partial charge in [-0.15, -0.1) is 0 Å². The number of H-pyrrole nitrogens is 1. The fourth-order valence-electron chi connectivity index (χ4n) is 2.16. The Kier molecular flexibility index (Phi) is 3.47. The Hall–Kier alpha value is -2.97. The van der Waals surface area contributed by atoms with Gasteiger partial charge in [0.15, 0.2) is 17.2 Å². The summed E-state index contributed by atoms with van der Waals surface area (Å²) in [6.07, 6.45) is -1.93. The fraction of sp³-hybridized carbons (Fsp3) is 0.143. The van der Waals surface area contributed by atoms with Gasteiger partial charge in [-0.2, -0.15) is 0 Å². The van der Waals surface area contributed by atoms with Crippen LogP contribution in [0.2, 0.25) is 0 Å². The van der Waals surface area contributed by atoms with Crippen molar-refractivity contribution in [3.8, 4) is 11.3 Å². The molecule has 0 atom stereocenters. The molecule has 118 valence electrons. The van der Waals surface area contributed by atoms with E-state index in [0.717, 1.165) is 19.2 Å². The Morgan fingerprint density at radius 3 is 2.74 bits per heavy atom. The quantitative estimate of drug-likeness (QED) is 0.749. The van der Waals surface area contributed by atoms with Crippen molar-refractivity contribution >= 4 is 16.9 Å². The number of fused-ring (bicyclic) bond motifs is 1. The summed E-state index contributed by atoms with van der Waals surface area (Å²) in [5.41, 5.74) is -1.58. The first-order chi connectivity index (χ1) is 10.9. The molecule has 6 nitrogen and oxygen atoms in total. The molecular weight excluding hydrogens is 315 g/mol. The highest BCUT2D eigenvalue weighted by Crippen LogP contribution is 2.29. The second kappa shape index (κ2) is 5.34. The maximum Gasteiger partial charge on any atom is 0.417 e. The third-order valence-electron chi connectivity index (χ3n) is 3.14. The monoisotopic (exact) mass is 323 g/mol. The highest BCUT2D eigenvalue weighted by molar-refractivity contribution is 5.94. The first-order valence-corrected chi connectivity index (χ1v) is 6.36. The van der Waals surface area contributed by atoms with Crippen molar-refractivity contribution in [3.05, 3.63) is 46.1 Å². The minimum Gasteiger partial charge on any atom is -0.407 e. The van der Waals surface area contributed by atoms with E-state index in [2.05, 4.69) is 15.0 Å². The zero-order chi connectivity index (χ0) is 16.7. The molecule has 3 rings (SSSR count). The molecule has 0 radical (unpaired) electrons. The number of carbonyl (C=O) groups is 1. The Bertz CT molecular complexity index is 978. The van der Waals surface area contributed by atoms with Crippen LogP contribution in [0.1, 0.15) is 29.5 Å². The van der Waals surface area contributed by atoms with E-state index in [1.807, 2.05) is 0 Å². The summed E-state index contributed by atoms with van der Waals surface area (Å²) in [5, 5.41) is 0. The van der Waals surface area contributed by atoms with Crippen molar-refractivity contribution in [2.24, 2.45) is 0 Å². The molecule has 1 N–H and O–H groups in total. The van der Waals surface area contributed by atoms with Gasteiger partial charge in [-0.25, -0.2) is 27.9 Å². The van der Waals surface area contributed by atoms with Crippen LogP contribution in [0, 0.1) is 5.82 Å². The Morgan fingerprint density at radius 2 is 2.09 bits per heavy atom. The lowest BCUT2D eigenvalue weighted by atomic mass is 10.1. The number of rotatable bonds is 3. The number of benzene rings is 1. The molecule has 0 spiro atoms. The molecule has 2 aromatic heterocycles. The van der Waals surface area contributed by atoms with Crippen LogP contribution < -0.4 is 5.76 Å². The summed E-state index contributed by atoms with van der Waals surface area (Å²) < 4.78 is 44.6. The summed E-state index contributed by atoms with van der Waals surface area (Å²) >= 11 is 0. The van der Waals surface area contributed by atoms with Crippen molar-refractivity contribution in [1.82, 2.24) is 15.0 Å². The van der Waals surface area contributed by atoms with Crippen molar-refractivity contribution < 1.29 is 22.4 Å². The number of Topliss-reactive ketones (excluding diaryl/α,β-unsaturated/α-hetero) is 1. The van der Waals surface area contributed by atoms with Gasteiger partial charge in [-0.3, -0.25) is 9.78 Å². The van der Waals surface area contributed by atoms with Crippen LogP contribution in [-0.4, -0.2) is 20.7 Å². The van der Waals surface area contributed by atoms with Crippen molar-refractivity contribution in [2.45, 2.75) is 13.3 Å². The van der Waals surface area contributed by atoms with E-state index in [-0.39, 0.29) is 22.4 Å². The van der Waals surface area contributed by atoms with Gasteiger partial charge >= 0.3 is 5.76 Å². The molecule has 0 aliphatic heterocycles. The SMILES string of the molecule is CC(=O)c1ncc(-c2ccc(F)c3[nH]c(=O)oc23)nc1C(F)F. The number of nitrogens with one attached hydrogen (secondary N) is 1. The molecule has 1 aromatic carbocycles. The van der Waals surface area contributed by atoms with Gasteiger partial charge in [0.1, 0.15) is 16.9 Å². The first kappa shape index (κ1) is 14.9. The van der Waals surface area contributed by atoms with E-state index in [0.29, 0.717) is 0 Å². The van der Waals surface area contributed by atoms with Gasteiger partial charge in [0.2, 0.25) is 0 Å². The van der Waals surface area contributed by atoms with E-state index < -0.39 is 35.2 Å². The van der Waals surface area contributed by atoms with Crippen LogP contribution >= 0.6 is 0 Å². The smallest absolute Gasteiger partial charge is 0.407 e. The molecular formula is C14H8F3N3O3. The molecule has 0 aliphatic rings. The molecule has 23 heavy (non-hydrogen) atoms. The molecule has 0 saturated heterocycles. The third kappa shape index (κ3) is 2.50. The molecule has 0 fully saturated rings. The molecule has 0 bridgehead atoms. The fourth-order valence-corrected chi connectivity index (χ4v) is 2.16. The third-order valence-corrected chi connectivity index (χ3v) is 3.14. The van der Waals surface area contributed by atoms with Gasteiger partial charge in [-0.1, -0.05) is 0 Å². The van der Waals surface area contributed by atoms with Gasteiger partial charge in [0, 0.05) is 12.5 Å². The zero-order valence-electron chi connectivity index (χ0n) is 11.6. The van der Waals surface area contributed by atoms with E-state index in [9.17, 15) is 22.8 Å². The van der Waals surface area contributed by atoms with E-state index in [4.69, 9.17) is 4.42 Å². The summed E-state index contributed by atoms with van der Waals surface area (Å²) in [5.74, 6) is -2.29. The number of oxazole rings is 1. The second-order valence-corrected chi connectivity index (χ2v) is 4.66. The molecule has 0 unspecified atom stereocenters. The van der Waals surface area contributed by atoms with Crippen molar-refractivity contribution in [3.63, 3.8) is 0 Å². The molecule has 0 aliphatic carbocycles. The highest BCUT2D eigenvalue weighted by Gasteiger charge is 2.22. The normalized spacial score (nSPS) is 11.3. The zero-order valence-corrected chi connectivity index (χ0v) is 11.6. The van der Waals surface area contributed by atoms with Crippen molar-refractivity contribution in [2.75, 3.05) is 0 Å². The van der Waals surface area contributed by atoms with Crippen LogP contribution in [0.25, 0.3) is 22.4 Å². The molecule has 0 amide bonds. The number of hydrogen-bond acceptors (Lipinski definition) is 5. The first-order valence-electron chi connectivity index (χ1n) is 6.36. The number of halogens is 3. The average Bonchev–Trinajstić information content (AvgIpc) is 2.89. The predicted molar refractivity (Wildman–Crippen MR) is 72.8 cm³/mol. The molecule has 3 aromatic rings. The summed E-state index contributed by atoms with van der Waals surface area (Å²) in [6, 6.07) is 2.26. The van der Waals surface area contributed by atoms with Crippen LogP contribution in [0.5, 0.6) is 0 Å². The van der Waals surface area contributed by atoms with Crippen LogP contribution in [0.15, 0.2) is 27.5 Å². The number of hydrogen-bond donors (Lipinski definition) is 1. The van der Waals surface area contributed by atoms with Gasteiger partial charge < -0.3 is 4.42 Å². The lowest BCUT2D eigenvalue weighted by Crippen LogP contribution is -2.07. The molecule has 0 saturated carbocycles. The Labute approximate surface area is 126 Å². The second-order valence-electron chi connectivity index (χ2n) is 4.66. The number of ketones is 1. The summed E-state index contributed by atoms with van der Waals surface area (Å²) in [6.45, 7) is 1.09. The standard InChI is InChI=1S/C14H8F3N3O3/c1-5(21)9-11(13(16)17)19-8(4-18-9)6-2-3-7(15)10-12(6)23-14(22)20-10/h2-4,13H,1H3,(H,20,22).